The molecular formula is C13H19ClN2O2. The molecule has 0 spiro atoms. The van der Waals surface area contributed by atoms with E-state index >= 15 is 0 Å². The third-order valence-electron chi connectivity index (χ3n) is 2.72. The summed E-state index contributed by atoms with van der Waals surface area (Å²) in [4.78, 5) is 26.2. The van der Waals surface area contributed by atoms with Crippen molar-refractivity contribution in [1.29, 1.82) is 0 Å². The van der Waals surface area contributed by atoms with Crippen molar-refractivity contribution in [2.75, 3.05) is 12.4 Å². The zero-order chi connectivity index (χ0) is 13.5. The number of amides is 1. The van der Waals surface area contributed by atoms with Crippen molar-refractivity contribution in [3.05, 3.63) is 33.7 Å². The minimum atomic E-state index is -0.324. The highest BCUT2D eigenvalue weighted by atomic mass is 35.5. The van der Waals surface area contributed by atoms with Crippen molar-refractivity contribution in [3.63, 3.8) is 0 Å². The molecule has 1 amide bonds. The molecule has 1 aromatic rings. The van der Waals surface area contributed by atoms with Crippen molar-refractivity contribution in [2.24, 2.45) is 5.92 Å². The SMILES string of the molecule is Cc1cc(=O)c(C(=O)NCCCC(C)CCl)c[nH]1. The van der Waals surface area contributed by atoms with Crippen LogP contribution in [0.25, 0.3) is 0 Å². The lowest BCUT2D eigenvalue weighted by atomic mass is 10.1. The highest BCUT2D eigenvalue weighted by Crippen LogP contribution is 2.06. The van der Waals surface area contributed by atoms with Crippen LogP contribution in [-0.4, -0.2) is 23.3 Å². The lowest BCUT2D eigenvalue weighted by molar-refractivity contribution is 0.0951. The molecule has 2 N–H and O–H groups in total. The Bertz CT molecular complexity index is 457. The molecule has 0 aromatic carbocycles. The van der Waals surface area contributed by atoms with Crippen molar-refractivity contribution in [2.45, 2.75) is 26.7 Å². The normalized spacial score (nSPS) is 12.2. The summed E-state index contributed by atoms with van der Waals surface area (Å²) in [5.41, 5.74) is 0.649. The van der Waals surface area contributed by atoms with Gasteiger partial charge in [0.15, 0.2) is 5.43 Å². The standard InChI is InChI=1S/C13H19ClN2O2/c1-9(7-14)4-3-5-15-13(18)11-8-16-10(2)6-12(11)17/h6,8-9H,3-5,7H2,1-2H3,(H,15,18)(H,16,17). The van der Waals surface area contributed by atoms with Gasteiger partial charge in [-0.1, -0.05) is 6.92 Å². The summed E-state index contributed by atoms with van der Waals surface area (Å²) in [6.07, 6.45) is 3.28. The van der Waals surface area contributed by atoms with Crippen LogP contribution < -0.4 is 10.7 Å². The number of hydrogen-bond acceptors (Lipinski definition) is 2. The maximum Gasteiger partial charge on any atom is 0.256 e. The molecule has 18 heavy (non-hydrogen) atoms. The fourth-order valence-electron chi connectivity index (χ4n) is 1.58. The molecule has 100 valence electrons. The van der Waals surface area contributed by atoms with Gasteiger partial charge in [-0.05, 0) is 25.7 Å². The van der Waals surface area contributed by atoms with E-state index in [1.54, 1.807) is 6.92 Å². The predicted octanol–water partition coefficient (Wildman–Crippen LogP) is 2.07. The van der Waals surface area contributed by atoms with Crippen molar-refractivity contribution in [3.8, 4) is 0 Å². The molecule has 1 atom stereocenters. The van der Waals surface area contributed by atoms with E-state index in [1.807, 2.05) is 0 Å². The average Bonchev–Trinajstić information content (AvgIpc) is 2.34. The highest BCUT2D eigenvalue weighted by molar-refractivity contribution is 6.18. The molecule has 0 saturated heterocycles. The molecule has 0 bridgehead atoms. The Morgan fingerprint density at radius 1 is 1.56 bits per heavy atom. The zero-order valence-electron chi connectivity index (χ0n) is 10.8. The number of aryl methyl sites for hydroxylation is 1. The maximum atomic E-state index is 11.7. The number of H-pyrrole nitrogens is 1. The van der Waals surface area contributed by atoms with Gasteiger partial charge < -0.3 is 10.3 Å². The molecule has 0 aliphatic rings. The first kappa shape index (κ1) is 14.8. The number of aromatic amines is 1. The Kier molecular flexibility index (Phi) is 5.92. The van der Waals surface area contributed by atoms with Crippen LogP contribution in [0.15, 0.2) is 17.1 Å². The number of nitrogens with one attached hydrogen (secondary N) is 2. The van der Waals surface area contributed by atoms with Crippen LogP contribution in [0, 0.1) is 12.8 Å². The number of carbonyl (C=O) groups excluding carboxylic acids is 1. The lowest BCUT2D eigenvalue weighted by Crippen LogP contribution is -2.29. The van der Waals surface area contributed by atoms with Gasteiger partial charge in [-0.15, -0.1) is 11.6 Å². The molecular weight excluding hydrogens is 252 g/mol. The molecule has 4 nitrogen and oxygen atoms in total. The van der Waals surface area contributed by atoms with Crippen LogP contribution >= 0.6 is 11.6 Å². The number of alkyl halides is 1. The second kappa shape index (κ2) is 7.21. The summed E-state index contributed by atoms with van der Waals surface area (Å²) in [5.74, 6) is 0.757. The number of pyridine rings is 1. The molecule has 5 heteroatoms. The monoisotopic (exact) mass is 270 g/mol. The van der Waals surface area contributed by atoms with Gasteiger partial charge in [-0.25, -0.2) is 0 Å². The summed E-state index contributed by atoms with van der Waals surface area (Å²) in [7, 11) is 0. The number of hydrogen-bond donors (Lipinski definition) is 2. The molecule has 0 aliphatic carbocycles. The molecule has 1 heterocycles. The largest absolute Gasteiger partial charge is 0.364 e. The van der Waals surface area contributed by atoms with Crippen LogP contribution in [0.4, 0.5) is 0 Å². The first-order valence-electron chi connectivity index (χ1n) is 6.08. The van der Waals surface area contributed by atoms with Gasteiger partial charge in [-0.2, -0.15) is 0 Å². The van der Waals surface area contributed by atoms with E-state index in [2.05, 4.69) is 17.2 Å². The van der Waals surface area contributed by atoms with E-state index < -0.39 is 0 Å². The second-order valence-electron chi connectivity index (χ2n) is 4.55. The molecule has 1 unspecified atom stereocenters. The van der Waals surface area contributed by atoms with E-state index in [0.717, 1.165) is 18.5 Å². The summed E-state index contributed by atoms with van der Waals surface area (Å²) in [6, 6.07) is 1.42. The van der Waals surface area contributed by atoms with Gasteiger partial charge in [0.05, 0.1) is 0 Å². The Hall–Kier alpha value is -1.29. The molecule has 0 aliphatic heterocycles. The number of halogens is 1. The van der Waals surface area contributed by atoms with Crippen LogP contribution in [0.3, 0.4) is 0 Å². The van der Waals surface area contributed by atoms with Crippen LogP contribution in [0.1, 0.15) is 35.8 Å². The summed E-state index contributed by atoms with van der Waals surface area (Å²) in [5, 5.41) is 2.74. The Balaban J connectivity index is 2.44. The van der Waals surface area contributed by atoms with E-state index in [-0.39, 0.29) is 16.9 Å². The first-order chi connectivity index (χ1) is 8.54. The Labute approximate surface area is 112 Å². The van der Waals surface area contributed by atoms with E-state index in [4.69, 9.17) is 11.6 Å². The van der Waals surface area contributed by atoms with Crippen LogP contribution in [-0.2, 0) is 0 Å². The predicted molar refractivity (Wildman–Crippen MR) is 73.3 cm³/mol. The Morgan fingerprint density at radius 2 is 2.28 bits per heavy atom. The number of carbonyl (C=O) groups is 1. The quantitative estimate of drug-likeness (QED) is 0.614. The second-order valence-corrected chi connectivity index (χ2v) is 4.86. The Morgan fingerprint density at radius 3 is 2.89 bits per heavy atom. The van der Waals surface area contributed by atoms with E-state index in [0.29, 0.717) is 18.3 Å². The van der Waals surface area contributed by atoms with Gasteiger partial charge >= 0.3 is 0 Å². The van der Waals surface area contributed by atoms with Gasteiger partial charge in [0.1, 0.15) is 5.56 Å². The fraction of sp³-hybridized carbons (Fsp3) is 0.538. The van der Waals surface area contributed by atoms with Crippen molar-refractivity contribution < 1.29 is 4.79 Å². The fourth-order valence-corrected chi connectivity index (χ4v) is 1.73. The van der Waals surface area contributed by atoms with Crippen LogP contribution in [0.5, 0.6) is 0 Å². The van der Waals surface area contributed by atoms with E-state index in [9.17, 15) is 9.59 Å². The van der Waals surface area contributed by atoms with Crippen molar-refractivity contribution >= 4 is 17.5 Å². The molecule has 0 fully saturated rings. The minimum absolute atomic E-state index is 0.158. The highest BCUT2D eigenvalue weighted by Gasteiger charge is 2.09. The summed E-state index contributed by atoms with van der Waals surface area (Å²) < 4.78 is 0. The van der Waals surface area contributed by atoms with E-state index in [1.165, 1.54) is 12.3 Å². The van der Waals surface area contributed by atoms with Gasteiger partial charge in [-0.3, -0.25) is 9.59 Å². The van der Waals surface area contributed by atoms with Gasteiger partial charge in [0, 0.05) is 30.4 Å². The first-order valence-corrected chi connectivity index (χ1v) is 6.61. The number of aromatic nitrogens is 1. The minimum Gasteiger partial charge on any atom is -0.364 e. The molecule has 0 saturated carbocycles. The average molecular weight is 271 g/mol. The molecule has 0 radical (unpaired) electrons. The molecule has 1 aromatic heterocycles. The smallest absolute Gasteiger partial charge is 0.256 e. The van der Waals surface area contributed by atoms with Crippen molar-refractivity contribution in [1.82, 2.24) is 10.3 Å². The van der Waals surface area contributed by atoms with Crippen LogP contribution in [0.2, 0.25) is 0 Å². The maximum absolute atomic E-state index is 11.7. The zero-order valence-corrected chi connectivity index (χ0v) is 11.5. The van der Waals surface area contributed by atoms with Gasteiger partial charge in [0.25, 0.3) is 5.91 Å². The summed E-state index contributed by atoms with van der Waals surface area (Å²) >= 11 is 5.69. The topological polar surface area (TPSA) is 62.0 Å². The third kappa shape index (κ3) is 4.53. The third-order valence-corrected chi connectivity index (χ3v) is 3.25. The lowest BCUT2D eigenvalue weighted by Gasteiger charge is -2.08. The molecule has 1 rings (SSSR count). The summed E-state index contributed by atoms with van der Waals surface area (Å²) in [6.45, 7) is 4.41. The van der Waals surface area contributed by atoms with Gasteiger partial charge in [0.2, 0.25) is 0 Å². The number of rotatable bonds is 6.